The number of phenols is 1. The number of hydrazone groups is 1. The number of nitrogens with one attached hydrogen (secondary N) is 1. The Labute approximate surface area is 148 Å². The minimum absolute atomic E-state index is 0.106. The average molecular weight is 424 g/mol. The first-order valence-corrected chi connectivity index (χ1v) is 8.04. The third kappa shape index (κ3) is 4.95. The van der Waals surface area contributed by atoms with Crippen molar-refractivity contribution >= 4 is 34.7 Å². The standard InChI is InChI=1S/C17H17IN2O3/c1-11-7-13(8-12(2)17(11)22)9-19-20-16(21)10-23-15-6-4-3-5-14(15)18/h3-9,22H,10H2,1-2H3,(H,20,21). The number of aryl methyl sites for hydroxylation is 2. The molecule has 0 aliphatic heterocycles. The number of nitrogens with zero attached hydrogens (tertiary/aromatic N) is 1. The number of halogens is 1. The van der Waals surface area contributed by atoms with Crippen LogP contribution in [0.5, 0.6) is 11.5 Å². The molecule has 0 aliphatic rings. The predicted octanol–water partition coefficient (Wildman–Crippen LogP) is 3.14. The van der Waals surface area contributed by atoms with Crippen molar-refractivity contribution in [3.63, 3.8) is 0 Å². The normalized spacial score (nSPS) is 10.7. The Kier molecular flexibility index (Phi) is 5.97. The second-order valence-corrected chi connectivity index (χ2v) is 6.18. The first-order chi connectivity index (χ1) is 11.0. The van der Waals surface area contributed by atoms with E-state index in [0.717, 1.165) is 20.3 Å². The Hall–Kier alpha value is -2.09. The lowest BCUT2D eigenvalue weighted by Gasteiger charge is -2.07. The predicted molar refractivity (Wildman–Crippen MR) is 98.0 cm³/mol. The highest BCUT2D eigenvalue weighted by molar-refractivity contribution is 14.1. The summed E-state index contributed by atoms with van der Waals surface area (Å²) >= 11 is 2.15. The van der Waals surface area contributed by atoms with Gasteiger partial charge in [-0.05, 0) is 77.4 Å². The van der Waals surface area contributed by atoms with Crippen molar-refractivity contribution in [3.05, 3.63) is 56.7 Å². The fourth-order valence-corrected chi connectivity index (χ4v) is 2.52. The van der Waals surface area contributed by atoms with E-state index in [1.807, 2.05) is 32.0 Å². The van der Waals surface area contributed by atoms with Gasteiger partial charge in [-0.15, -0.1) is 0 Å². The summed E-state index contributed by atoms with van der Waals surface area (Å²) < 4.78 is 6.37. The molecular formula is C17H17IN2O3. The van der Waals surface area contributed by atoms with E-state index >= 15 is 0 Å². The molecule has 23 heavy (non-hydrogen) atoms. The number of carbonyl (C=O) groups excluding carboxylic acids is 1. The topological polar surface area (TPSA) is 70.9 Å². The van der Waals surface area contributed by atoms with Gasteiger partial charge >= 0.3 is 0 Å². The van der Waals surface area contributed by atoms with Crippen LogP contribution < -0.4 is 10.2 Å². The average Bonchev–Trinajstić information content (AvgIpc) is 2.52. The fourth-order valence-electron chi connectivity index (χ4n) is 1.98. The Morgan fingerprint density at radius 3 is 2.61 bits per heavy atom. The molecule has 0 radical (unpaired) electrons. The number of hydrogen-bond donors (Lipinski definition) is 2. The molecule has 0 bridgehead atoms. The van der Waals surface area contributed by atoms with Gasteiger partial charge in [-0.3, -0.25) is 4.79 Å². The molecule has 120 valence electrons. The van der Waals surface area contributed by atoms with Gasteiger partial charge in [0.05, 0.1) is 9.78 Å². The van der Waals surface area contributed by atoms with Gasteiger partial charge in [0.15, 0.2) is 6.61 Å². The van der Waals surface area contributed by atoms with E-state index in [4.69, 9.17) is 4.74 Å². The zero-order valence-electron chi connectivity index (χ0n) is 12.8. The van der Waals surface area contributed by atoms with Crippen LogP contribution in [-0.4, -0.2) is 23.8 Å². The molecule has 0 unspecified atom stereocenters. The van der Waals surface area contributed by atoms with Crippen molar-refractivity contribution < 1.29 is 14.6 Å². The second kappa shape index (κ2) is 7.96. The number of hydrogen-bond acceptors (Lipinski definition) is 4. The quantitative estimate of drug-likeness (QED) is 0.440. The molecule has 2 aromatic rings. The number of benzene rings is 2. The summed E-state index contributed by atoms with van der Waals surface area (Å²) in [7, 11) is 0. The summed E-state index contributed by atoms with van der Waals surface area (Å²) in [6, 6.07) is 11.0. The Bertz CT molecular complexity index is 721. The molecule has 2 aromatic carbocycles. The molecule has 5 nitrogen and oxygen atoms in total. The van der Waals surface area contributed by atoms with Crippen molar-refractivity contribution in [1.29, 1.82) is 0 Å². The fraction of sp³-hybridized carbons (Fsp3) is 0.176. The van der Waals surface area contributed by atoms with Crippen LogP contribution >= 0.6 is 22.6 Å². The minimum atomic E-state index is -0.340. The monoisotopic (exact) mass is 424 g/mol. The lowest BCUT2D eigenvalue weighted by Crippen LogP contribution is -2.24. The number of phenolic OH excluding ortho intramolecular Hbond substituents is 1. The van der Waals surface area contributed by atoms with Gasteiger partial charge in [0.25, 0.3) is 5.91 Å². The zero-order chi connectivity index (χ0) is 16.8. The van der Waals surface area contributed by atoms with Crippen molar-refractivity contribution in [2.24, 2.45) is 5.10 Å². The molecule has 2 rings (SSSR count). The minimum Gasteiger partial charge on any atom is -0.507 e. The molecule has 0 saturated carbocycles. The number of aromatic hydroxyl groups is 1. The maximum absolute atomic E-state index is 11.7. The first-order valence-electron chi connectivity index (χ1n) is 6.97. The molecule has 0 aliphatic carbocycles. The van der Waals surface area contributed by atoms with Gasteiger partial charge in [0.1, 0.15) is 11.5 Å². The number of ether oxygens (including phenoxy) is 1. The number of rotatable bonds is 5. The molecule has 2 N–H and O–H groups in total. The maximum Gasteiger partial charge on any atom is 0.277 e. The van der Waals surface area contributed by atoms with Crippen LogP contribution in [0.1, 0.15) is 16.7 Å². The molecule has 0 aromatic heterocycles. The van der Waals surface area contributed by atoms with E-state index in [-0.39, 0.29) is 18.3 Å². The van der Waals surface area contributed by atoms with E-state index in [1.165, 1.54) is 6.21 Å². The molecule has 0 saturated heterocycles. The molecule has 0 spiro atoms. The number of para-hydroxylation sites is 1. The number of amides is 1. The van der Waals surface area contributed by atoms with Crippen LogP contribution in [0.15, 0.2) is 41.5 Å². The van der Waals surface area contributed by atoms with Crippen molar-refractivity contribution in [2.75, 3.05) is 6.61 Å². The summed E-state index contributed by atoms with van der Waals surface area (Å²) in [5.41, 5.74) is 4.74. The Morgan fingerprint density at radius 2 is 1.96 bits per heavy atom. The molecule has 0 atom stereocenters. The molecule has 1 amide bonds. The second-order valence-electron chi connectivity index (χ2n) is 5.02. The van der Waals surface area contributed by atoms with Gasteiger partial charge in [-0.25, -0.2) is 5.43 Å². The van der Waals surface area contributed by atoms with Crippen LogP contribution in [0.25, 0.3) is 0 Å². The van der Waals surface area contributed by atoms with E-state index in [2.05, 4.69) is 33.1 Å². The SMILES string of the molecule is Cc1cc(C=NNC(=O)COc2ccccc2I)cc(C)c1O. The first kappa shape index (κ1) is 17.3. The summed E-state index contributed by atoms with van der Waals surface area (Å²) in [5.74, 6) is 0.599. The highest BCUT2D eigenvalue weighted by atomic mass is 127. The van der Waals surface area contributed by atoms with Crippen LogP contribution in [0.4, 0.5) is 0 Å². The smallest absolute Gasteiger partial charge is 0.277 e. The van der Waals surface area contributed by atoms with Gasteiger partial charge in [-0.1, -0.05) is 12.1 Å². The third-order valence-corrected chi connectivity index (χ3v) is 4.00. The van der Waals surface area contributed by atoms with Crippen molar-refractivity contribution in [3.8, 4) is 11.5 Å². The summed E-state index contributed by atoms with van der Waals surface area (Å²) in [4.78, 5) is 11.7. The highest BCUT2D eigenvalue weighted by Gasteiger charge is 2.04. The lowest BCUT2D eigenvalue weighted by atomic mass is 10.1. The molecule has 6 heteroatoms. The third-order valence-electron chi connectivity index (χ3n) is 3.11. The molecule has 0 heterocycles. The van der Waals surface area contributed by atoms with Gasteiger partial charge in [0, 0.05) is 0 Å². The van der Waals surface area contributed by atoms with Gasteiger partial charge < -0.3 is 9.84 Å². The van der Waals surface area contributed by atoms with E-state index in [9.17, 15) is 9.90 Å². The summed E-state index contributed by atoms with van der Waals surface area (Å²) in [6.07, 6.45) is 1.53. The van der Waals surface area contributed by atoms with Crippen LogP contribution in [0.3, 0.4) is 0 Å². The van der Waals surface area contributed by atoms with E-state index in [0.29, 0.717) is 5.75 Å². The van der Waals surface area contributed by atoms with E-state index in [1.54, 1.807) is 18.2 Å². The zero-order valence-corrected chi connectivity index (χ0v) is 15.0. The Morgan fingerprint density at radius 1 is 1.30 bits per heavy atom. The molecule has 0 fully saturated rings. The van der Waals surface area contributed by atoms with Crippen LogP contribution in [-0.2, 0) is 4.79 Å². The van der Waals surface area contributed by atoms with Crippen molar-refractivity contribution in [2.45, 2.75) is 13.8 Å². The lowest BCUT2D eigenvalue weighted by molar-refractivity contribution is -0.123. The highest BCUT2D eigenvalue weighted by Crippen LogP contribution is 2.22. The maximum atomic E-state index is 11.7. The van der Waals surface area contributed by atoms with Crippen molar-refractivity contribution in [1.82, 2.24) is 5.43 Å². The largest absolute Gasteiger partial charge is 0.507 e. The van der Waals surface area contributed by atoms with Gasteiger partial charge in [-0.2, -0.15) is 5.10 Å². The van der Waals surface area contributed by atoms with Gasteiger partial charge in [0.2, 0.25) is 0 Å². The summed E-state index contributed by atoms with van der Waals surface area (Å²) in [6.45, 7) is 3.52. The van der Waals surface area contributed by atoms with E-state index < -0.39 is 0 Å². The number of carbonyl (C=O) groups is 1. The van der Waals surface area contributed by atoms with Crippen LogP contribution in [0.2, 0.25) is 0 Å². The Balaban J connectivity index is 1.88. The molecular weight excluding hydrogens is 407 g/mol. The van der Waals surface area contributed by atoms with Crippen LogP contribution in [0, 0.1) is 17.4 Å². The summed E-state index contributed by atoms with van der Waals surface area (Å²) in [5, 5.41) is 13.6.